The molecule has 1 fully saturated rings. The van der Waals surface area contributed by atoms with E-state index in [4.69, 9.17) is 4.74 Å². The van der Waals surface area contributed by atoms with E-state index < -0.39 is 15.5 Å². The highest BCUT2D eigenvalue weighted by atomic mass is 32.2. The second-order valence-electron chi connectivity index (χ2n) is 4.78. The van der Waals surface area contributed by atoms with Crippen LogP contribution in [0.25, 0.3) is 0 Å². The minimum Gasteiger partial charge on any atom is -0.380 e. The summed E-state index contributed by atoms with van der Waals surface area (Å²) in [5.74, 6) is 0.311. The maximum Gasteiger partial charge on any atom is 0.248 e. The van der Waals surface area contributed by atoms with E-state index in [1.165, 1.54) is 22.8 Å². The van der Waals surface area contributed by atoms with Gasteiger partial charge < -0.3 is 9.72 Å². The van der Waals surface area contributed by atoms with E-state index in [9.17, 15) is 13.2 Å². The highest BCUT2D eigenvalue weighted by molar-refractivity contribution is 7.89. The van der Waals surface area contributed by atoms with Crippen molar-refractivity contribution in [3.05, 3.63) is 28.7 Å². The fourth-order valence-corrected chi connectivity index (χ4v) is 3.78. The van der Waals surface area contributed by atoms with E-state index >= 15 is 0 Å². The number of nitrogens with one attached hydrogen (secondary N) is 1. The van der Waals surface area contributed by atoms with Crippen molar-refractivity contribution in [2.75, 3.05) is 20.2 Å². The molecule has 0 aliphatic carbocycles. The summed E-state index contributed by atoms with van der Waals surface area (Å²) in [6.45, 7) is 2.74. The largest absolute Gasteiger partial charge is 0.380 e. The molecule has 1 N–H and O–H groups in total. The molecule has 19 heavy (non-hydrogen) atoms. The van der Waals surface area contributed by atoms with Gasteiger partial charge in [-0.1, -0.05) is 6.92 Å². The predicted octanol–water partition coefficient (Wildman–Crippen LogP) is 0.420. The number of ether oxygens (including phenoxy) is 1. The fourth-order valence-electron chi connectivity index (χ4n) is 2.27. The average Bonchev–Trinajstić information content (AvgIpc) is 2.39. The van der Waals surface area contributed by atoms with Crippen LogP contribution in [0, 0.1) is 5.92 Å². The van der Waals surface area contributed by atoms with E-state index in [1.54, 1.807) is 7.11 Å². The van der Waals surface area contributed by atoms with Gasteiger partial charge in [0.05, 0.1) is 6.10 Å². The molecule has 0 saturated carbocycles. The van der Waals surface area contributed by atoms with Gasteiger partial charge in [0.15, 0.2) is 0 Å². The van der Waals surface area contributed by atoms with Crippen molar-refractivity contribution >= 4 is 10.0 Å². The Morgan fingerprint density at radius 3 is 2.84 bits per heavy atom. The van der Waals surface area contributed by atoms with Crippen molar-refractivity contribution in [1.29, 1.82) is 0 Å². The third-order valence-corrected chi connectivity index (χ3v) is 5.45. The summed E-state index contributed by atoms with van der Waals surface area (Å²) in [5.41, 5.74) is -0.494. The molecule has 1 aromatic heterocycles. The van der Waals surface area contributed by atoms with Crippen molar-refractivity contribution < 1.29 is 13.2 Å². The Labute approximate surface area is 112 Å². The standard InChI is InChI=1S/C12H18N2O4S/c1-9-4-6-14(8-11(9)18-2)19(16,17)12-7-13-5-3-10(12)15/h3,5,7,9,11H,4,6,8H2,1-2H3,(H,13,15). The number of sulfonamides is 1. The van der Waals surface area contributed by atoms with Crippen LogP contribution in [0.2, 0.25) is 0 Å². The zero-order valence-electron chi connectivity index (χ0n) is 11.0. The van der Waals surface area contributed by atoms with E-state index in [0.717, 1.165) is 6.42 Å². The molecule has 1 aliphatic heterocycles. The maximum atomic E-state index is 12.4. The quantitative estimate of drug-likeness (QED) is 0.873. The van der Waals surface area contributed by atoms with Crippen molar-refractivity contribution in [1.82, 2.24) is 9.29 Å². The highest BCUT2D eigenvalue weighted by Gasteiger charge is 2.34. The molecule has 2 rings (SSSR count). The van der Waals surface area contributed by atoms with Gasteiger partial charge in [-0.3, -0.25) is 4.79 Å². The molecule has 0 bridgehead atoms. The SMILES string of the molecule is COC1CN(S(=O)(=O)c2c[nH]ccc2=O)CCC1C. The molecule has 1 saturated heterocycles. The molecule has 6 nitrogen and oxygen atoms in total. The summed E-state index contributed by atoms with van der Waals surface area (Å²) in [4.78, 5) is 14.1. The molecule has 1 aliphatic rings. The molecule has 0 amide bonds. The second-order valence-corrected chi connectivity index (χ2v) is 6.68. The van der Waals surface area contributed by atoms with Crippen LogP contribution in [0.1, 0.15) is 13.3 Å². The third kappa shape index (κ3) is 2.72. The van der Waals surface area contributed by atoms with Gasteiger partial charge in [-0.25, -0.2) is 8.42 Å². The van der Waals surface area contributed by atoms with E-state index in [1.807, 2.05) is 6.92 Å². The van der Waals surface area contributed by atoms with Crippen LogP contribution in [0.4, 0.5) is 0 Å². The number of pyridine rings is 1. The number of hydrogen-bond donors (Lipinski definition) is 1. The van der Waals surface area contributed by atoms with E-state index in [0.29, 0.717) is 12.5 Å². The molecular weight excluding hydrogens is 268 g/mol. The zero-order valence-corrected chi connectivity index (χ0v) is 11.8. The number of H-pyrrole nitrogens is 1. The molecule has 1 aromatic rings. The van der Waals surface area contributed by atoms with Crippen molar-refractivity contribution in [3.63, 3.8) is 0 Å². The fraction of sp³-hybridized carbons (Fsp3) is 0.583. The minimum atomic E-state index is -3.75. The van der Waals surface area contributed by atoms with Crippen LogP contribution in [0.15, 0.2) is 28.2 Å². The third-order valence-electron chi connectivity index (χ3n) is 3.56. The number of hydrogen-bond acceptors (Lipinski definition) is 4. The monoisotopic (exact) mass is 286 g/mol. The van der Waals surface area contributed by atoms with Crippen LogP contribution < -0.4 is 5.43 Å². The van der Waals surface area contributed by atoms with Gasteiger partial charge in [-0.2, -0.15) is 4.31 Å². The van der Waals surface area contributed by atoms with Gasteiger partial charge in [0.1, 0.15) is 4.90 Å². The van der Waals surface area contributed by atoms with Gasteiger partial charge in [-0.05, 0) is 12.3 Å². The Hall–Kier alpha value is -1.18. The lowest BCUT2D eigenvalue weighted by Crippen LogP contribution is -2.47. The Morgan fingerprint density at radius 1 is 1.47 bits per heavy atom. The van der Waals surface area contributed by atoms with E-state index in [-0.39, 0.29) is 17.5 Å². The molecule has 2 atom stereocenters. The molecular formula is C12H18N2O4S. The molecule has 106 valence electrons. The summed E-state index contributed by atoms with van der Waals surface area (Å²) in [7, 11) is -2.17. The average molecular weight is 286 g/mol. The number of methoxy groups -OCH3 is 1. The lowest BCUT2D eigenvalue weighted by Gasteiger charge is -2.35. The Kier molecular flexibility index (Phi) is 4.07. The Bertz CT molecular complexity index is 596. The number of aromatic nitrogens is 1. The molecule has 7 heteroatoms. The molecule has 0 radical (unpaired) electrons. The highest BCUT2D eigenvalue weighted by Crippen LogP contribution is 2.23. The number of rotatable bonds is 3. The first-order valence-electron chi connectivity index (χ1n) is 6.17. The van der Waals surface area contributed by atoms with Crippen LogP contribution in [-0.4, -0.2) is 44.0 Å². The Balaban J connectivity index is 2.31. The zero-order chi connectivity index (χ0) is 14.0. The van der Waals surface area contributed by atoms with Crippen molar-refractivity contribution in [3.8, 4) is 0 Å². The summed E-state index contributed by atoms with van der Waals surface area (Å²) in [6.07, 6.45) is 3.24. The lowest BCUT2D eigenvalue weighted by molar-refractivity contribution is 0.0183. The van der Waals surface area contributed by atoms with Gasteiger partial charge in [-0.15, -0.1) is 0 Å². The van der Waals surface area contributed by atoms with Crippen LogP contribution >= 0.6 is 0 Å². The minimum absolute atomic E-state index is 0.133. The van der Waals surface area contributed by atoms with Crippen LogP contribution in [0.3, 0.4) is 0 Å². The van der Waals surface area contributed by atoms with Gasteiger partial charge >= 0.3 is 0 Å². The summed E-state index contributed by atoms with van der Waals surface area (Å²) < 4.78 is 31.5. The van der Waals surface area contributed by atoms with Gasteiger partial charge in [0.25, 0.3) is 0 Å². The van der Waals surface area contributed by atoms with Crippen molar-refractivity contribution in [2.24, 2.45) is 5.92 Å². The first-order chi connectivity index (χ1) is 8.96. The molecule has 2 heterocycles. The summed E-state index contributed by atoms with van der Waals surface area (Å²) in [6, 6.07) is 1.22. The predicted molar refractivity (Wildman–Crippen MR) is 70.4 cm³/mol. The first-order valence-corrected chi connectivity index (χ1v) is 7.61. The maximum absolute atomic E-state index is 12.4. The van der Waals surface area contributed by atoms with E-state index in [2.05, 4.69) is 4.98 Å². The summed E-state index contributed by atoms with van der Waals surface area (Å²) >= 11 is 0. The Morgan fingerprint density at radius 2 is 2.21 bits per heavy atom. The number of piperidine rings is 1. The van der Waals surface area contributed by atoms with Gasteiger partial charge in [0.2, 0.25) is 15.5 Å². The molecule has 0 spiro atoms. The molecule has 0 aromatic carbocycles. The summed E-state index contributed by atoms with van der Waals surface area (Å²) in [5, 5.41) is 0. The smallest absolute Gasteiger partial charge is 0.248 e. The normalized spacial score (nSPS) is 25.4. The first kappa shape index (κ1) is 14.2. The number of nitrogens with zero attached hydrogens (tertiary/aromatic N) is 1. The number of aromatic amines is 1. The lowest BCUT2D eigenvalue weighted by atomic mass is 9.97. The van der Waals surface area contributed by atoms with Crippen LogP contribution in [0.5, 0.6) is 0 Å². The topological polar surface area (TPSA) is 79.5 Å². The second kappa shape index (κ2) is 5.44. The van der Waals surface area contributed by atoms with Crippen LogP contribution in [-0.2, 0) is 14.8 Å². The van der Waals surface area contributed by atoms with Crippen molar-refractivity contribution in [2.45, 2.75) is 24.3 Å². The van der Waals surface area contributed by atoms with Gasteiger partial charge in [0, 0.05) is 38.7 Å². The molecule has 2 unspecified atom stereocenters.